The Morgan fingerprint density at radius 1 is 1.89 bits per heavy atom. The largest absolute Gasteiger partial charge is 0.468 e. The predicted octanol–water partition coefficient (Wildman–Crippen LogP) is -2.08. The second-order valence-electron chi connectivity index (χ2n) is 1.70. The van der Waals surface area contributed by atoms with E-state index in [0.29, 0.717) is 6.04 Å². The van der Waals surface area contributed by atoms with E-state index >= 15 is 0 Å². The average molecular weight is 163 g/mol. The molecule has 3 nitrogen and oxygen atoms in total. The summed E-state index contributed by atoms with van der Waals surface area (Å²) in [6, 6.07) is 0.636. The average Bonchev–Trinajstić information content (AvgIpc) is 1.85. The van der Waals surface area contributed by atoms with E-state index in [4.69, 9.17) is 4.12 Å². The summed E-state index contributed by atoms with van der Waals surface area (Å²) in [5.74, 6) is 0.139. The fourth-order valence-electron chi connectivity index (χ4n) is 0.480. The summed E-state index contributed by atoms with van der Waals surface area (Å²) in [5, 5.41) is 2.71. The van der Waals surface area contributed by atoms with Crippen LogP contribution in [0.1, 0.15) is 6.92 Å². The van der Waals surface area contributed by atoms with Crippen LogP contribution in [0.5, 0.6) is 0 Å². The molecule has 0 saturated carbocycles. The first-order valence-electron chi connectivity index (χ1n) is 3.07. The van der Waals surface area contributed by atoms with Gasteiger partial charge in [-0.25, -0.2) is 0 Å². The van der Waals surface area contributed by atoms with Gasteiger partial charge in [0.05, 0.1) is 0 Å². The Morgan fingerprint density at radius 2 is 2.56 bits per heavy atom. The number of hydrogen-bond donors (Lipinski definition) is 1. The first kappa shape index (κ1) is 8.86. The lowest BCUT2D eigenvalue weighted by Gasteiger charge is -1.98. The van der Waals surface area contributed by atoms with Gasteiger partial charge in [-0.1, -0.05) is 0 Å². The molecule has 0 aromatic carbocycles. The van der Waals surface area contributed by atoms with Gasteiger partial charge >= 0.3 is 0 Å². The number of carbonyl (C=O) groups is 1. The highest BCUT2D eigenvalue weighted by Crippen LogP contribution is 1.76. The molecule has 0 radical (unpaired) electrons. The molecule has 0 aliphatic heterocycles. The molecular weight excluding hydrogens is 150 g/mol. The van der Waals surface area contributed by atoms with Crippen LogP contribution in [0.3, 0.4) is 0 Å². The van der Waals surface area contributed by atoms with Gasteiger partial charge in [0.25, 0.3) is 0 Å². The van der Waals surface area contributed by atoms with Gasteiger partial charge < -0.3 is 9.43 Å². The van der Waals surface area contributed by atoms with Crippen molar-refractivity contribution in [2.75, 3.05) is 6.54 Å². The zero-order valence-corrected chi connectivity index (χ0v) is 9.35. The molecule has 0 spiro atoms. The fraction of sp³-hybridized carbons (Fsp3) is 0.750. The van der Waals surface area contributed by atoms with E-state index in [1.54, 1.807) is 0 Å². The van der Waals surface area contributed by atoms with Crippen LogP contribution >= 0.6 is 0 Å². The van der Waals surface area contributed by atoms with Crippen LogP contribution in [-0.4, -0.2) is 32.7 Å². The fourth-order valence-corrected chi connectivity index (χ4v) is 1.66. The maximum Gasteiger partial charge on any atom is 0.219 e. The molecule has 5 heteroatoms. The molecule has 0 aliphatic carbocycles. The lowest BCUT2D eigenvalue weighted by Crippen LogP contribution is -2.23. The SMILES string of the molecule is CCNC(=O)C[SiH2]O[SiH3]. The Balaban J connectivity index is 3.06. The van der Waals surface area contributed by atoms with Gasteiger partial charge in [0.2, 0.25) is 5.91 Å². The highest BCUT2D eigenvalue weighted by Gasteiger charge is 1.96. The van der Waals surface area contributed by atoms with Crippen LogP contribution in [0.25, 0.3) is 0 Å². The van der Waals surface area contributed by atoms with Crippen LogP contribution in [0.4, 0.5) is 0 Å². The van der Waals surface area contributed by atoms with Crippen LogP contribution in [0, 0.1) is 0 Å². The minimum Gasteiger partial charge on any atom is -0.468 e. The summed E-state index contributed by atoms with van der Waals surface area (Å²) < 4.78 is 4.98. The highest BCUT2D eigenvalue weighted by atomic mass is 28.3. The maximum absolute atomic E-state index is 10.7. The van der Waals surface area contributed by atoms with Crippen LogP contribution in [0.15, 0.2) is 0 Å². The normalized spacial score (nSPS) is 10.8. The lowest BCUT2D eigenvalue weighted by atomic mass is 10.6. The van der Waals surface area contributed by atoms with E-state index in [-0.39, 0.29) is 5.91 Å². The molecule has 1 N–H and O–H groups in total. The molecule has 0 unspecified atom stereocenters. The van der Waals surface area contributed by atoms with Crippen molar-refractivity contribution in [3.05, 3.63) is 0 Å². The van der Waals surface area contributed by atoms with Gasteiger partial charge in [-0.3, -0.25) is 4.79 Å². The molecule has 0 bridgehead atoms. The van der Waals surface area contributed by atoms with Crippen LogP contribution < -0.4 is 5.32 Å². The molecule has 0 aliphatic rings. The summed E-state index contributed by atoms with van der Waals surface area (Å²) in [6.07, 6.45) is 0. The molecule has 0 fully saturated rings. The van der Waals surface area contributed by atoms with Crippen LogP contribution in [-0.2, 0) is 8.91 Å². The monoisotopic (exact) mass is 163 g/mol. The van der Waals surface area contributed by atoms with Gasteiger partial charge in [-0.05, 0) is 6.92 Å². The van der Waals surface area contributed by atoms with Gasteiger partial charge in [0.1, 0.15) is 10.5 Å². The number of carbonyl (C=O) groups excluding carboxylic acids is 1. The molecule has 0 aromatic heterocycles. The van der Waals surface area contributed by atoms with Gasteiger partial charge in [0.15, 0.2) is 9.76 Å². The summed E-state index contributed by atoms with van der Waals surface area (Å²) in [7, 11) is 0.284. The third-order valence-corrected chi connectivity index (χ3v) is 3.20. The predicted molar refractivity (Wildman–Crippen MR) is 43.1 cm³/mol. The van der Waals surface area contributed by atoms with Gasteiger partial charge in [-0.15, -0.1) is 0 Å². The van der Waals surface area contributed by atoms with E-state index in [1.165, 1.54) is 0 Å². The van der Waals surface area contributed by atoms with Crippen LogP contribution in [0.2, 0.25) is 6.04 Å². The van der Waals surface area contributed by atoms with Crippen molar-refractivity contribution in [2.45, 2.75) is 13.0 Å². The zero-order chi connectivity index (χ0) is 7.11. The summed E-state index contributed by atoms with van der Waals surface area (Å²) in [6.45, 7) is 2.65. The molecule has 9 heavy (non-hydrogen) atoms. The van der Waals surface area contributed by atoms with E-state index in [0.717, 1.165) is 17.0 Å². The van der Waals surface area contributed by atoms with Crippen molar-refractivity contribution in [3.63, 3.8) is 0 Å². The number of nitrogens with one attached hydrogen (secondary N) is 1. The van der Waals surface area contributed by atoms with Crippen molar-refractivity contribution < 1.29 is 8.91 Å². The summed E-state index contributed by atoms with van der Waals surface area (Å²) in [5.41, 5.74) is 0. The topological polar surface area (TPSA) is 38.3 Å². The maximum atomic E-state index is 10.7. The van der Waals surface area contributed by atoms with Crippen molar-refractivity contribution in [1.29, 1.82) is 0 Å². The second kappa shape index (κ2) is 5.99. The molecule has 0 heterocycles. The highest BCUT2D eigenvalue weighted by molar-refractivity contribution is 6.39. The Labute approximate surface area is 60.7 Å². The molecule has 0 rings (SSSR count). The van der Waals surface area contributed by atoms with Crippen molar-refractivity contribution >= 4 is 26.2 Å². The van der Waals surface area contributed by atoms with Crippen molar-refractivity contribution in [1.82, 2.24) is 5.32 Å². The molecule has 1 amide bonds. The molecule has 0 aromatic rings. The number of amides is 1. The van der Waals surface area contributed by atoms with Gasteiger partial charge in [0, 0.05) is 12.6 Å². The summed E-state index contributed by atoms with van der Waals surface area (Å²) in [4.78, 5) is 10.7. The lowest BCUT2D eigenvalue weighted by molar-refractivity contribution is -0.118. The van der Waals surface area contributed by atoms with E-state index < -0.39 is 9.76 Å². The Hall–Kier alpha value is -0.136. The van der Waals surface area contributed by atoms with Crippen molar-refractivity contribution in [3.8, 4) is 0 Å². The standard InChI is InChI=1S/C4H13NO2Si2/c1-2-5-4(6)3-9-7-8/h2-3,9H2,1,8H3,(H,5,6). The Morgan fingerprint density at radius 3 is 3.00 bits per heavy atom. The van der Waals surface area contributed by atoms with Crippen molar-refractivity contribution in [2.24, 2.45) is 0 Å². The number of hydrogen-bond acceptors (Lipinski definition) is 2. The molecule has 54 valence electrons. The smallest absolute Gasteiger partial charge is 0.219 e. The van der Waals surface area contributed by atoms with E-state index in [9.17, 15) is 4.79 Å². The van der Waals surface area contributed by atoms with Gasteiger partial charge in [-0.2, -0.15) is 0 Å². The number of rotatable bonds is 4. The molecule has 0 atom stereocenters. The quantitative estimate of drug-likeness (QED) is 0.483. The Kier molecular flexibility index (Phi) is 5.90. The third kappa shape index (κ3) is 5.74. The molecule has 0 saturated heterocycles. The van der Waals surface area contributed by atoms with E-state index in [1.807, 2.05) is 6.92 Å². The first-order chi connectivity index (χ1) is 4.31. The van der Waals surface area contributed by atoms with E-state index in [2.05, 4.69) is 5.32 Å². The molecular formula is C4H13NO2Si2. The zero-order valence-electron chi connectivity index (χ0n) is 5.94. The third-order valence-electron chi connectivity index (χ3n) is 0.907. The minimum atomic E-state index is -0.496. The second-order valence-corrected chi connectivity index (χ2v) is 4.91. The Bertz CT molecular complexity index is 88.6. The minimum absolute atomic E-state index is 0.139. The first-order valence-corrected chi connectivity index (χ1v) is 5.46. The summed E-state index contributed by atoms with van der Waals surface area (Å²) >= 11 is 0.